The first-order chi connectivity index (χ1) is 13.2. The Morgan fingerprint density at radius 3 is 2.07 bits per heavy atom. The second-order valence-corrected chi connectivity index (χ2v) is 6.34. The Labute approximate surface area is 157 Å². The zero-order valence-electron chi connectivity index (χ0n) is 14.8. The van der Waals surface area contributed by atoms with E-state index in [1.54, 1.807) is 38.2 Å². The van der Waals surface area contributed by atoms with E-state index in [9.17, 15) is 22.8 Å². The summed E-state index contributed by atoms with van der Waals surface area (Å²) in [6.45, 7) is 1.65. The molecule has 0 aliphatic carbocycles. The fraction of sp³-hybridized carbons (Fsp3) is 0.158. The van der Waals surface area contributed by atoms with Gasteiger partial charge >= 0.3 is 6.18 Å². The normalized spacial score (nSPS) is 14.0. The van der Waals surface area contributed by atoms with Crippen LogP contribution in [0.5, 0.6) is 0 Å². The van der Waals surface area contributed by atoms with Gasteiger partial charge in [-0.2, -0.15) is 18.3 Å². The van der Waals surface area contributed by atoms with Crippen LogP contribution in [-0.2, 0) is 13.2 Å². The number of hydrogen-bond acceptors (Lipinski definition) is 4. The fourth-order valence-corrected chi connectivity index (χ4v) is 3.29. The average molecular weight is 386 g/mol. The molecule has 2 aromatic heterocycles. The van der Waals surface area contributed by atoms with E-state index in [0.717, 1.165) is 17.2 Å². The Bertz CT molecular complexity index is 1080. The first-order valence-corrected chi connectivity index (χ1v) is 8.25. The lowest BCUT2D eigenvalue weighted by molar-refractivity contribution is -0.141. The van der Waals surface area contributed by atoms with Gasteiger partial charge in [0.1, 0.15) is 11.5 Å². The molecule has 0 saturated heterocycles. The quantitative estimate of drug-likeness (QED) is 0.631. The molecule has 6 nitrogen and oxygen atoms in total. The average Bonchev–Trinajstić information content (AvgIpc) is 3.08. The summed E-state index contributed by atoms with van der Waals surface area (Å²) in [6.07, 6.45) is -3.46. The van der Waals surface area contributed by atoms with Gasteiger partial charge in [-0.05, 0) is 31.2 Å². The molecule has 1 aliphatic heterocycles. The molecular weight excluding hydrogens is 373 g/mol. The van der Waals surface area contributed by atoms with E-state index in [2.05, 4.69) is 10.1 Å². The molecule has 3 heterocycles. The SMILES string of the molecule is Cc1c(-c2ccc(C(F)(F)F)nc2)nn(C)c1N1C(=O)c2ccccc2C1=O. The molecular formula is C19H13F3N4O2. The molecule has 0 atom stereocenters. The number of aromatic nitrogens is 3. The molecule has 0 bridgehead atoms. The van der Waals surface area contributed by atoms with Crippen molar-refractivity contribution in [1.82, 2.24) is 14.8 Å². The van der Waals surface area contributed by atoms with Crippen molar-refractivity contribution in [1.29, 1.82) is 0 Å². The van der Waals surface area contributed by atoms with Crippen molar-refractivity contribution in [3.05, 3.63) is 65.0 Å². The second-order valence-electron chi connectivity index (χ2n) is 6.34. The second kappa shape index (κ2) is 6.01. The van der Waals surface area contributed by atoms with Crippen molar-refractivity contribution in [3.63, 3.8) is 0 Å². The number of pyridine rings is 1. The van der Waals surface area contributed by atoms with Crippen molar-refractivity contribution in [2.45, 2.75) is 13.1 Å². The molecule has 1 aliphatic rings. The lowest BCUT2D eigenvalue weighted by Gasteiger charge is -2.15. The maximum absolute atomic E-state index is 12.7. The maximum Gasteiger partial charge on any atom is 0.433 e. The highest BCUT2D eigenvalue weighted by molar-refractivity contribution is 6.34. The summed E-state index contributed by atoms with van der Waals surface area (Å²) in [6, 6.07) is 8.61. The Kier molecular flexibility index (Phi) is 3.84. The third-order valence-electron chi connectivity index (χ3n) is 4.58. The van der Waals surface area contributed by atoms with Crippen molar-refractivity contribution in [2.75, 3.05) is 4.90 Å². The highest BCUT2D eigenvalue weighted by atomic mass is 19.4. The Morgan fingerprint density at radius 2 is 1.57 bits per heavy atom. The van der Waals surface area contributed by atoms with Gasteiger partial charge in [0.2, 0.25) is 0 Å². The van der Waals surface area contributed by atoms with E-state index in [4.69, 9.17) is 0 Å². The molecule has 0 unspecified atom stereocenters. The lowest BCUT2D eigenvalue weighted by atomic mass is 10.1. The van der Waals surface area contributed by atoms with Crippen LogP contribution in [0.2, 0.25) is 0 Å². The predicted molar refractivity (Wildman–Crippen MR) is 93.8 cm³/mol. The molecule has 0 saturated carbocycles. The first-order valence-electron chi connectivity index (χ1n) is 8.25. The molecule has 2 amide bonds. The fourth-order valence-electron chi connectivity index (χ4n) is 3.29. The Balaban J connectivity index is 1.77. The van der Waals surface area contributed by atoms with Crippen LogP contribution in [0.3, 0.4) is 0 Å². The van der Waals surface area contributed by atoms with Gasteiger partial charge in [0.25, 0.3) is 11.8 Å². The summed E-state index contributed by atoms with van der Waals surface area (Å²) >= 11 is 0. The van der Waals surface area contributed by atoms with Gasteiger partial charge in [0.05, 0.1) is 16.8 Å². The van der Waals surface area contributed by atoms with Crippen molar-refractivity contribution in [3.8, 4) is 11.3 Å². The van der Waals surface area contributed by atoms with Crippen LogP contribution < -0.4 is 4.90 Å². The molecule has 9 heteroatoms. The highest BCUT2D eigenvalue weighted by Crippen LogP contribution is 2.35. The number of imide groups is 1. The molecule has 0 radical (unpaired) electrons. The van der Waals surface area contributed by atoms with Gasteiger partial charge in [-0.3, -0.25) is 19.3 Å². The van der Waals surface area contributed by atoms with Crippen molar-refractivity contribution in [2.24, 2.45) is 7.05 Å². The minimum atomic E-state index is -4.54. The van der Waals surface area contributed by atoms with Gasteiger partial charge in [0, 0.05) is 24.4 Å². The topological polar surface area (TPSA) is 68.1 Å². The summed E-state index contributed by atoms with van der Waals surface area (Å²) < 4.78 is 39.5. The number of carbonyl (C=O) groups is 2. The molecule has 0 N–H and O–H groups in total. The number of hydrogen-bond donors (Lipinski definition) is 0. The van der Waals surface area contributed by atoms with E-state index in [1.165, 1.54) is 10.7 Å². The van der Waals surface area contributed by atoms with E-state index >= 15 is 0 Å². The summed E-state index contributed by atoms with van der Waals surface area (Å²) in [5.74, 6) is -0.673. The van der Waals surface area contributed by atoms with Crippen LogP contribution >= 0.6 is 0 Å². The molecule has 28 heavy (non-hydrogen) atoms. The minimum absolute atomic E-state index is 0.265. The monoisotopic (exact) mass is 386 g/mol. The standard InChI is InChI=1S/C19H13F3N4O2/c1-10-15(11-7-8-14(23-9-11)19(20,21)22)24-25(2)16(10)26-17(27)12-5-3-4-6-13(12)18(26)28/h3-9H,1-2H3. The summed E-state index contributed by atoms with van der Waals surface area (Å²) in [4.78, 5) is 30.0. The van der Waals surface area contributed by atoms with Crippen LogP contribution in [-0.4, -0.2) is 26.6 Å². The van der Waals surface area contributed by atoms with E-state index < -0.39 is 23.7 Å². The third-order valence-corrected chi connectivity index (χ3v) is 4.58. The zero-order valence-corrected chi connectivity index (χ0v) is 14.8. The van der Waals surface area contributed by atoms with Gasteiger partial charge in [-0.15, -0.1) is 0 Å². The van der Waals surface area contributed by atoms with Crippen LogP contribution in [0.15, 0.2) is 42.6 Å². The van der Waals surface area contributed by atoms with Crippen LogP contribution in [0, 0.1) is 6.92 Å². The number of aryl methyl sites for hydroxylation is 1. The van der Waals surface area contributed by atoms with Crippen LogP contribution in [0.25, 0.3) is 11.3 Å². The number of carbonyl (C=O) groups excluding carboxylic acids is 2. The van der Waals surface area contributed by atoms with Crippen molar-refractivity contribution < 1.29 is 22.8 Å². The Morgan fingerprint density at radius 1 is 0.964 bits per heavy atom. The highest BCUT2D eigenvalue weighted by Gasteiger charge is 2.39. The van der Waals surface area contributed by atoms with Crippen LogP contribution in [0.1, 0.15) is 32.0 Å². The van der Waals surface area contributed by atoms with Gasteiger partial charge in [-0.25, -0.2) is 4.90 Å². The largest absolute Gasteiger partial charge is 0.433 e. The van der Waals surface area contributed by atoms with Gasteiger partial charge in [0.15, 0.2) is 0 Å². The molecule has 3 aromatic rings. The number of anilines is 1. The Hall–Kier alpha value is -3.49. The molecule has 1 aromatic carbocycles. The number of fused-ring (bicyclic) bond motifs is 1. The van der Waals surface area contributed by atoms with Gasteiger partial charge < -0.3 is 0 Å². The van der Waals surface area contributed by atoms with E-state index in [0.29, 0.717) is 27.9 Å². The molecule has 0 spiro atoms. The third kappa shape index (κ3) is 2.58. The molecule has 4 rings (SSSR count). The summed E-state index contributed by atoms with van der Waals surface area (Å²) in [7, 11) is 1.56. The van der Waals surface area contributed by atoms with E-state index in [-0.39, 0.29) is 5.82 Å². The van der Waals surface area contributed by atoms with E-state index in [1.807, 2.05) is 0 Å². The number of benzene rings is 1. The number of nitrogens with zero attached hydrogens (tertiary/aromatic N) is 4. The number of alkyl halides is 3. The predicted octanol–water partition coefficient (Wildman–Crippen LogP) is 3.61. The summed E-state index contributed by atoms with van der Waals surface area (Å²) in [5.41, 5.74) is 0.764. The molecule has 0 fully saturated rings. The van der Waals surface area contributed by atoms with Crippen molar-refractivity contribution >= 4 is 17.6 Å². The molecule has 142 valence electrons. The zero-order chi connectivity index (χ0) is 20.2. The van der Waals surface area contributed by atoms with Crippen LogP contribution in [0.4, 0.5) is 19.0 Å². The lowest BCUT2D eigenvalue weighted by Crippen LogP contribution is -2.31. The smallest absolute Gasteiger partial charge is 0.268 e. The number of amides is 2. The summed E-state index contributed by atoms with van der Waals surface area (Å²) in [5, 5.41) is 4.30. The maximum atomic E-state index is 12.7. The van der Waals surface area contributed by atoms with Gasteiger partial charge in [-0.1, -0.05) is 12.1 Å². The minimum Gasteiger partial charge on any atom is -0.268 e. The number of rotatable bonds is 2. The number of halogens is 3. The first kappa shape index (κ1) is 17.9.